The third kappa shape index (κ3) is 5.93. The molecule has 11 aromatic carbocycles. The highest BCUT2D eigenvalue weighted by Crippen LogP contribution is 2.49. The van der Waals surface area contributed by atoms with Gasteiger partial charge in [0, 0.05) is 65.8 Å². The molecule has 1 aliphatic rings. The number of benzene rings is 11. The third-order valence-corrected chi connectivity index (χ3v) is 15.9. The molecule has 0 bridgehead atoms. The van der Waals surface area contributed by atoms with Crippen LogP contribution in [-0.4, -0.2) is 28.7 Å². The second-order valence-corrected chi connectivity index (χ2v) is 20.0. The highest BCUT2D eigenvalue weighted by atomic mass is 15.4. The van der Waals surface area contributed by atoms with Crippen LogP contribution in [-0.2, 0) is 0 Å². The lowest BCUT2D eigenvalue weighted by molar-refractivity contribution is -0.531. The van der Waals surface area contributed by atoms with Gasteiger partial charge < -0.3 is 18.3 Å². The summed E-state index contributed by atoms with van der Waals surface area (Å²) in [6.45, 7) is 2.31. The molecule has 352 valence electrons. The van der Waals surface area contributed by atoms with Gasteiger partial charge in [-0.3, -0.25) is 0 Å². The standard InChI is InChI=1S/C69H46N6/c1-44-41-61-64(54-35-19-21-37-58(54)71(61)46-25-9-3-10-26-46)67-62(44)55-42-50(43-56(65(55)74(67)48-29-13-5-14-30-48)69-70-68(45-23-7-2-8-24-45)75(69)49-31-15-6-16-32-49)72-59-38-22-18-34-53(59)63-60(72)40-39-52-51-33-17-20-36-57(51)73(66(52)63)47-27-11-4-12-28-47/h2-43,69H,1H3/p+1. The van der Waals surface area contributed by atoms with Gasteiger partial charge in [0.1, 0.15) is 5.69 Å². The fourth-order valence-electron chi connectivity index (χ4n) is 12.9. The zero-order valence-corrected chi connectivity index (χ0v) is 41.1. The summed E-state index contributed by atoms with van der Waals surface area (Å²) in [5.74, 6) is 1.07. The number of aromatic nitrogens is 4. The molecule has 1 unspecified atom stereocenters. The summed E-state index contributed by atoms with van der Waals surface area (Å²) in [4.78, 5) is 0. The Kier molecular flexibility index (Phi) is 8.92. The van der Waals surface area contributed by atoms with Crippen LogP contribution >= 0.6 is 0 Å². The molecule has 15 aromatic rings. The Bertz CT molecular complexity index is 4830. The lowest BCUT2D eigenvalue weighted by Gasteiger charge is -2.30. The summed E-state index contributed by atoms with van der Waals surface area (Å²) in [7, 11) is 0. The molecule has 1 atom stereocenters. The van der Waals surface area contributed by atoms with Gasteiger partial charge in [-0.1, -0.05) is 152 Å². The van der Waals surface area contributed by atoms with Crippen LogP contribution in [0.15, 0.2) is 255 Å². The van der Waals surface area contributed by atoms with Crippen LogP contribution in [0.25, 0.3) is 110 Å². The van der Waals surface area contributed by atoms with Crippen molar-refractivity contribution in [2.75, 3.05) is 0 Å². The van der Waals surface area contributed by atoms with E-state index in [1.165, 1.54) is 87.3 Å². The van der Waals surface area contributed by atoms with Gasteiger partial charge in [-0.05, 0) is 116 Å². The molecule has 0 aliphatic carbocycles. The van der Waals surface area contributed by atoms with Crippen LogP contribution in [0.2, 0.25) is 0 Å². The number of fused-ring (bicyclic) bond motifs is 14. The molecule has 75 heavy (non-hydrogen) atoms. The van der Waals surface area contributed by atoms with Crippen LogP contribution in [0.4, 0.5) is 5.69 Å². The van der Waals surface area contributed by atoms with Gasteiger partial charge in [0.25, 0.3) is 12.0 Å². The predicted octanol–water partition coefficient (Wildman–Crippen LogP) is 16.8. The maximum atomic E-state index is 4.11. The fraction of sp³-hybridized carbons (Fsp3) is 0.0290. The van der Waals surface area contributed by atoms with Crippen LogP contribution in [0.5, 0.6) is 0 Å². The molecule has 0 fully saturated rings. The first-order valence-corrected chi connectivity index (χ1v) is 25.9. The summed E-state index contributed by atoms with van der Waals surface area (Å²) in [5.41, 5.74) is 18.6. The van der Waals surface area contributed by atoms with Crippen molar-refractivity contribution in [1.82, 2.24) is 23.6 Å². The monoisotopic (exact) mass is 959 g/mol. The van der Waals surface area contributed by atoms with E-state index in [0.29, 0.717) is 0 Å². The summed E-state index contributed by atoms with van der Waals surface area (Å²) in [6, 6.07) is 93.3. The first-order chi connectivity index (χ1) is 37.2. The molecular weight excluding hydrogens is 913 g/mol. The Morgan fingerprint density at radius 1 is 0.333 bits per heavy atom. The quantitative estimate of drug-likeness (QED) is 0.159. The Hall–Kier alpha value is -9.91. The first kappa shape index (κ1) is 41.7. The summed E-state index contributed by atoms with van der Waals surface area (Å²) in [6.07, 6.45) is -0.237. The van der Waals surface area contributed by atoms with Crippen LogP contribution in [0, 0.1) is 6.92 Å². The van der Waals surface area contributed by atoms with Gasteiger partial charge in [-0.15, -0.1) is 0 Å². The number of nitrogens with one attached hydrogen (secondary N) is 1. The fourth-order valence-corrected chi connectivity index (χ4v) is 12.9. The largest absolute Gasteiger partial charge is 0.309 e. The molecular formula is C69H47N6+. The zero-order valence-electron chi connectivity index (χ0n) is 41.1. The first-order valence-electron chi connectivity index (χ1n) is 25.9. The minimum Gasteiger partial charge on any atom is -0.309 e. The number of rotatable bonds is 7. The van der Waals surface area contributed by atoms with Gasteiger partial charge in [-0.25, -0.2) is 5.32 Å². The zero-order chi connectivity index (χ0) is 49.3. The SMILES string of the molecule is Cc1cc2c(c3ccccc3n2-c2ccccc2)c2c1c1cc(-n3c4ccccc4c4c3ccc3c5ccccc5n(-c5ccccc5)c34)cc(C3NC(c4ccccc4)=[N+]3c3ccccc3)c1n2-c1ccccc1. The number of hydrogen-bond acceptors (Lipinski definition) is 1. The minimum atomic E-state index is -0.237. The number of amidine groups is 1. The Balaban J connectivity index is 1.10. The number of hydrogen-bond donors (Lipinski definition) is 1. The van der Waals surface area contributed by atoms with Crippen LogP contribution in [0.3, 0.4) is 0 Å². The molecule has 1 aliphatic heterocycles. The molecule has 0 amide bonds. The summed E-state index contributed by atoms with van der Waals surface area (Å²) >= 11 is 0. The average molecular weight is 960 g/mol. The Morgan fingerprint density at radius 2 is 0.827 bits per heavy atom. The van der Waals surface area contributed by atoms with E-state index in [0.717, 1.165) is 50.9 Å². The Morgan fingerprint density at radius 3 is 1.45 bits per heavy atom. The van der Waals surface area contributed by atoms with Crippen molar-refractivity contribution in [3.8, 4) is 22.7 Å². The van der Waals surface area contributed by atoms with Gasteiger partial charge >= 0.3 is 0 Å². The average Bonchev–Trinajstić information content (AvgIpc) is 4.36. The van der Waals surface area contributed by atoms with Crippen molar-refractivity contribution in [1.29, 1.82) is 0 Å². The van der Waals surface area contributed by atoms with Gasteiger partial charge in [-0.2, -0.15) is 4.58 Å². The van der Waals surface area contributed by atoms with Crippen molar-refractivity contribution < 1.29 is 4.58 Å². The van der Waals surface area contributed by atoms with Crippen molar-refractivity contribution >= 4 is 98.7 Å². The molecule has 5 heterocycles. The molecule has 6 nitrogen and oxygen atoms in total. The van der Waals surface area contributed by atoms with E-state index in [1.807, 2.05) is 0 Å². The number of nitrogens with zero attached hydrogens (tertiary/aromatic N) is 5. The normalized spacial score (nSPS) is 13.9. The highest BCUT2D eigenvalue weighted by Gasteiger charge is 2.43. The van der Waals surface area contributed by atoms with Crippen LogP contribution < -0.4 is 5.32 Å². The van der Waals surface area contributed by atoms with Crippen LogP contribution in [0.1, 0.15) is 22.9 Å². The Labute approximate surface area is 432 Å². The molecule has 1 N–H and O–H groups in total. The van der Waals surface area contributed by atoms with E-state index in [4.69, 9.17) is 0 Å². The van der Waals surface area contributed by atoms with E-state index < -0.39 is 0 Å². The molecule has 6 heteroatoms. The molecule has 16 rings (SSSR count). The second-order valence-electron chi connectivity index (χ2n) is 20.0. The minimum absolute atomic E-state index is 0.237. The lowest BCUT2D eigenvalue weighted by Crippen LogP contribution is -2.51. The highest BCUT2D eigenvalue weighted by molar-refractivity contribution is 6.29. The van der Waals surface area contributed by atoms with Crippen molar-refractivity contribution in [3.63, 3.8) is 0 Å². The maximum absolute atomic E-state index is 4.11. The van der Waals surface area contributed by atoms with Crippen molar-refractivity contribution in [3.05, 3.63) is 271 Å². The summed E-state index contributed by atoms with van der Waals surface area (Å²) in [5, 5.41) is 13.9. The van der Waals surface area contributed by atoms with Crippen molar-refractivity contribution in [2.45, 2.75) is 13.1 Å². The second kappa shape index (κ2) is 16.0. The number of aryl methyl sites for hydroxylation is 1. The third-order valence-electron chi connectivity index (χ3n) is 15.9. The molecule has 0 saturated heterocycles. The lowest BCUT2D eigenvalue weighted by atomic mass is 9.98. The van der Waals surface area contributed by atoms with Gasteiger partial charge in [0.2, 0.25) is 0 Å². The van der Waals surface area contributed by atoms with Crippen molar-refractivity contribution in [2.24, 2.45) is 0 Å². The smallest absolute Gasteiger partial charge is 0.289 e. The van der Waals surface area contributed by atoms with E-state index in [9.17, 15) is 0 Å². The van der Waals surface area contributed by atoms with E-state index in [2.05, 4.69) is 290 Å². The van der Waals surface area contributed by atoms with Gasteiger partial charge in [0.15, 0.2) is 0 Å². The molecule has 0 saturated carbocycles. The maximum Gasteiger partial charge on any atom is 0.289 e. The van der Waals surface area contributed by atoms with Gasteiger partial charge in [0.05, 0.1) is 55.3 Å². The molecule has 0 spiro atoms. The predicted molar refractivity (Wildman–Crippen MR) is 311 cm³/mol. The summed E-state index contributed by atoms with van der Waals surface area (Å²) < 4.78 is 12.5. The number of para-hydroxylation sites is 7. The van der Waals surface area contributed by atoms with E-state index >= 15 is 0 Å². The van der Waals surface area contributed by atoms with E-state index in [1.54, 1.807) is 0 Å². The van der Waals surface area contributed by atoms with E-state index in [-0.39, 0.29) is 6.17 Å². The molecule has 0 radical (unpaired) electrons. The topological polar surface area (TPSA) is 34.8 Å². The molecule has 4 aromatic heterocycles.